The first-order valence-electron chi connectivity index (χ1n) is 6.64. The molecular weight excluding hydrogens is 258 g/mol. The van der Waals surface area contributed by atoms with Gasteiger partial charge in [0.05, 0.1) is 11.8 Å². The Labute approximate surface area is 119 Å². The van der Waals surface area contributed by atoms with Crippen molar-refractivity contribution in [2.45, 2.75) is 32.8 Å². The molecule has 1 saturated heterocycles. The molecule has 0 unspecified atom stereocenters. The molecule has 2 rings (SSSR count). The van der Waals surface area contributed by atoms with Gasteiger partial charge in [-0.15, -0.1) is 0 Å². The Bertz CT molecular complexity index is 444. The SMILES string of the molecule is Cc1ccc(C)c(NNC(=S)NC[C@@H]2CCCO2)c1. The van der Waals surface area contributed by atoms with E-state index in [-0.39, 0.29) is 0 Å². The zero-order valence-electron chi connectivity index (χ0n) is 11.5. The summed E-state index contributed by atoms with van der Waals surface area (Å²) in [6, 6.07) is 6.27. The molecule has 0 aromatic heterocycles. The van der Waals surface area contributed by atoms with Crippen LogP contribution in [-0.2, 0) is 4.74 Å². The zero-order valence-corrected chi connectivity index (χ0v) is 12.3. The van der Waals surface area contributed by atoms with E-state index in [2.05, 4.69) is 48.2 Å². The van der Waals surface area contributed by atoms with Gasteiger partial charge in [0.2, 0.25) is 0 Å². The number of hydrogen-bond acceptors (Lipinski definition) is 3. The molecule has 1 aromatic rings. The monoisotopic (exact) mass is 279 g/mol. The normalized spacial score (nSPS) is 18.1. The Hall–Kier alpha value is -1.33. The van der Waals surface area contributed by atoms with E-state index in [0.29, 0.717) is 11.2 Å². The number of hydrazine groups is 1. The second-order valence-electron chi connectivity index (χ2n) is 4.91. The van der Waals surface area contributed by atoms with Crippen molar-refractivity contribution in [3.05, 3.63) is 29.3 Å². The van der Waals surface area contributed by atoms with E-state index in [0.717, 1.165) is 31.7 Å². The van der Waals surface area contributed by atoms with E-state index in [1.165, 1.54) is 11.1 Å². The fourth-order valence-corrected chi connectivity index (χ4v) is 2.19. The summed E-state index contributed by atoms with van der Waals surface area (Å²) in [5.41, 5.74) is 9.58. The van der Waals surface area contributed by atoms with Crippen LogP contribution >= 0.6 is 12.2 Å². The Kier molecular flexibility index (Phi) is 4.99. The molecule has 0 bridgehead atoms. The van der Waals surface area contributed by atoms with E-state index >= 15 is 0 Å². The average molecular weight is 279 g/mol. The van der Waals surface area contributed by atoms with Crippen LogP contribution in [0.1, 0.15) is 24.0 Å². The number of rotatable bonds is 4. The van der Waals surface area contributed by atoms with Crippen LogP contribution in [0.25, 0.3) is 0 Å². The summed E-state index contributed by atoms with van der Waals surface area (Å²) in [5.74, 6) is 0. The van der Waals surface area contributed by atoms with Crippen molar-refractivity contribution in [2.24, 2.45) is 0 Å². The van der Waals surface area contributed by atoms with E-state index < -0.39 is 0 Å². The lowest BCUT2D eigenvalue weighted by Gasteiger charge is -2.16. The number of ether oxygens (including phenoxy) is 1. The lowest BCUT2D eigenvalue weighted by atomic mass is 10.1. The van der Waals surface area contributed by atoms with Gasteiger partial charge in [0, 0.05) is 13.2 Å². The van der Waals surface area contributed by atoms with Crippen LogP contribution < -0.4 is 16.2 Å². The van der Waals surface area contributed by atoms with Gasteiger partial charge in [0.15, 0.2) is 5.11 Å². The quantitative estimate of drug-likeness (QED) is 0.583. The van der Waals surface area contributed by atoms with E-state index in [1.54, 1.807) is 0 Å². The molecule has 0 spiro atoms. The summed E-state index contributed by atoms with van der Waals surface area (Å²) in [5, 5.41) is 3.76. The molecule has 1 aliphatic heterocycles. The highest BCUT2D eigenvalue weighted by atomic mass is 32.1. The van der Waals surface area contributed by atoms with Crippen LogP contribution in [0.5, 0.6) is 0 Å². The number of benzene rings is 1. The van der Waals surface area contributed by atoms with Crippen LogP contribution in [0.3, 0.4) is 0 Å². The fraction of sp³-hybridized carbons (Fsp3) is 0.500. The van der Waals surface area contributed by atoms with Crippen molar-refractivity contribution in [3.8, 4) is 0 Å². The smallest absolute Gasteiger partial charge is 0.185 e. The van der Waals surface area contributed by atoms with Gasteiger partial charge >= 0.3 is 0 Å². The molecule has 0 aliphatic carbocycles. The lowest BCUT2D eigenvalue weighted by Crippen LogP contribution is -2.42. The van der Waals surface area contributed by atoms with Gasteiger partial charge in [-0.1, -0.05) is 12.1 Å². The highest BCUT2D eigenvalue weighted by molar-refractivity contribution is 7.80. The minimum absolute atomic E-state index is 0.292. The molecule has 1 aromatic carbocycles. The Morgan fingerprint density at radius 2 is 2.26 bits per heavy atom. The van der Waals surface area contributed by atoms with Crippen molar-refractivity contribution < 1.29 is 4.74 Å². The summed E-state index contributed by atoms with van der Waals surface area (Å²) in [4.78, 5) is 0. The Balaban J connectivity index is 1.74. The molecular formula is C14H21N3OS. The number of anilines is 1. The summed E-state index contributed by atoms with van der Waals surface area (Å²) >= 11 is 5.22. The topological polar surface area (TPSA) is 45.3 Å². The number of nitrogens with one attached hydrogen (secondary N) is 3. The van der Waals surface area contributed by atoms with Crippen molar-refractivity contribution in [1.82, 2.24) is 10.7 Å². The summed E-state index contributed by atoms with van der Waals surface area (Å²) in [7, 11) is 0. The molecule has 19 heavy (non-hydrogen) atoms. The predicted octanol–water partition coefficient (Wildman–Crippen LogP) is 2.27. The first-order chi connectivity index (χ1) is 9.15. The van der Waals surface area contributed by atoms with E-state index in [1.807, 2.05) is 0 Å². The van der Waals surface area contributed by atoms with Crippen LogP contribution in [0.2, 0.25) is 0 Å². The largest absolute Gasteiger partial charge is 0.376 e. The number of thiocarbonyl (C=S) groups is 1. The summed E-state index contributed by atoms with van der Waals surface area (Å²) in [6.45, 7) is 5.76. The second-order valence-corrected chi connectivity index (χ2v) is 5.32. The molecule has 0 radical (unpaired) electrons. The van der Waals surface area contributed by atoms with Gasteiger partial charge in [0.1, 0.15) is 0 Å². The van der Waals surface area contributed by atoms with Gasteiger partial charge in [-0.3, -0.25) is 10.9 Å². The minimum atomic E-state index is 0.292. The highest BCUT2D eigenvalue weighted by Crippen LogP contribution is 2.15. The molecule has 1 fully saturated rings. The fourth-order valence-electron chi connectivity index (χ4n) is 2.05. The molecule has 4 nitrogen and oxygen atoms in total. The molecule has 5 heteroatoms. The van der Waals surface area contributed by atoms with Crippen LogP contribution in [0, 0.1) is 13.8 Å². The van der Waals surface area contributed by atoms with Crippen molar-refractivity contribution >= 4 is 23.0 Å². The maximum atomic E-state index is 5.53. The van der Waals surface area contributed by atoms with Crippen molar-refractivity contribution in [1.29, 1.82) is 0 Å². The van der Waals surface area contributed by atoms with Gasteiger partial charge in [-0.05, 0) is 56.1 Å². The van der Waals surface area contributed by atoms with Gasteiger partial charge in [0.25, 0.3) is 0 Å². The lowest BCUT2D eigenvalue weighted by molar-refractivity contribution is 0.114. The van der Waals surface area contributed by atoms with Crippen molar-refractivity contribution in [3.63, 3.8) is 0 Å². The number of hydrogen-bond donors (Lipinski definition) is 3. The molecule has 1 aliphatic rings. The first-order valence-corrected chi connectivity index (χ1v) is 7.04. The number of aryl methyl sites for hydroxylation is 2. The first kappa shape index (κ1) is 14.1. The Morgan fingerprint density at radius 3 is 3.00 bits per heavy atom. The summed E-state index contributed by atoms with van der Waals surface area (Å²) < 4.78 is 5.53. The highest BCUT2D eigenvalue weighted by Gasteiger charge is 2.15. The van der Waals surface area contributed by atoms with Gasteiger partial charge in [-0.25, -0.2) is 0 Å². The third-order valence-corrected chi connectivity index (χ3v) is 3.46. The van der Waals surface area contributed by atoms with Crippen LogP contribution in [0.15, 0.2) is 18.2 Å². The van der Waals surface area contributed by atoms with Gasteiger partial charge in [-0.2, -0.15) is 0 Å². The third kappa shape index (κ3) is 4.36. The van der Waals surface area contributed by atoms with E-state index in [4.69, 9.17) is 17.0 Å². The molecule has 3 N–H and O–H groups in total. The minimum Gasteiger partial charge on any atom is -0.376 e. The second kappa shape index (κ2) is 6.73. The third-order valence-electron chi connectivity index (χ3n) is 3.22. The maximum Gasteiger partial charge on any atom is 0.185 e. The molecule has 104 valence electrons. The average Bonchev–Trinajstić information content (AvgIpc) is 2.90. The predicted molar refractivity (Wildman–Crippen MR) is 82.2 cm³/mol. The molecule has 1 atom stereocenters. The summed E-state index contributed by atoms with van der Waals surface area (Å²) in [6.07, 6.45) is 2.55. The molecule has 0 saturated carbocycles. The molecule has 0 amide bonds. The standard InChI is InChI=1S/C14H21N3OS/c1-10-5-6-11(2)13(8-10)16-17-14(19)15-9-12-4-3-7-18-12/h5-6,8,12,16H,3-4,7,9H2,1-2H3,(H2,15,17,19)/t12-/m0/s1. The van der Waals surface area contributed by atoms with Crippen LogP contribution in [0.4, 0.5) is 5.69 Å². The molecule has 1 heterocycles. The van der Waals surface area contributed by atoms with E-state index in [9.17, 15) is 0 Å². The van der Waals surface area contributed by atoms with Gasteiger partial charge < -0.3 is 10.1 Å². The zero-order chi connectivity index (χ0) is 13.7. The van der Waals surface area contributed by atoms with Crippen molar-refractivity contribution in [2.75, 3.05) is 18.6 Å². The maximum absolute atomic E-state index is 5.53. The Morgan fingerprint density at radius 1 is 1.42 bits per heavy atom. The van der Waals surface area contributed by atoms with Crippen LogP contribution in [-0.4, -0.2) is 24.4 Å².